The lowest BCUT2D eigenvalue weighted by Crippen LogP contribution is -2.36. The van der Waals surface area contributed by atoms with Crippen LogP contribution in [0.2, 0.25) is 0 Å². The van der Waals surface area contributed by atoms with Gasteiger partial charge in [-0.3, -0.25) is 14.4 Å². The van der Waals surface area contributed by atoms with E-state index in [1.54, 1.807) is 6.07 Å². The maximum Gasteiger partial charge on any atom is 0.306 e. The van der Waals surface area contributed by atoms with Gasteiger partial charge in [-0.15, -0.1) is 0 Å². The van der Waals surface area contributed by atoms with E-state index in [-0.39, 0.29) is 30.9 Å². The van der Waals surface area contributed by atoms with E-state index in [4.69, 9.17) is 4.74 Å². The first-order valence-corrected chi connectivity index (χ1v) is 10.2. The highest BCUT2D eigenvalue weighted by Crippen LogP contribution is 2.20. The molecule has 6 nitrogen and oxygen atoms in total. The van der Waals surface area contributed by atoms with Crippen molar-refractivity contribution in [3.05, 3.63) is 28.2 Å². The first kappa shape index (κ1) is 21.4. The van der Waals surface area contributed by atoms with E-state index < -0.39 is 5.97 Å². The highest BCUT2D eigenvalue weighted by molar-refractivity contribution is 9.10. The van der Waals surface area contributed by atoms with Gasteiger partial charge in [0.15, 0.2) is 6.61 Å². The summed E-state index contributed by atoms with van der Waals surface area (Å²) in [6.45, 7) is 1.59. The van der Waals surface area contributed by atoms with Crippen molar-refractivity contribution in [2.24, 2.45) is 0 Å². The highest BCUT2D eigenvalue weighted by atomic mass is 79.9. The smallest absolute Gasteiger partial charge is 0.306 e. The third-order valence-corrected chi connectivity index (χ3v) is 5.45. The summed E-state index contributed by atoms with van der Waals surface area (Å²) in [5.41, 5.74) is 1.65. The summed E-state index contributed by atoms with van der Waals surface area (Å²) in [7, 11) is 0. The fourth-order valence-electron chi connectivity index (χ4n) is 3.08. The molecule has 0 unspecified atom stereocenters. The molecule has 1 saturated carbocycles. The van der Waals surface area contributed by atoms with Gasteiger partial charge < -0.3 is 15.4 Å². The Balaban J connectivity index is 1.58. The van der Waals surface area contributed by atoms with Crippen LogP contribution in [0.3, 0.4) is 0 Å². The standard InChI is InChI=1S/C20H27BrN2O4/c1-14-12-16(10-11-17(14)21)23-19(25)13-27-20(26)9-5-8-18(24)22-15-6-3-2-4-7-15/h10-12,15H,2-9,13H2,1H3,(H,22,24)(H,23,25). The van der Waals surface area contributed by atoms with Crippen molar-refractivity contribution in [1.82, 2.24) is 5.32 Å². The Morgan fingerprint density at radius 1 is 1.11 bits per heavy atom. The molecule has 1 fully saturated rings. The number of benzene rings is 1. The van der Waals surface area contributed by atoms with E-state index in [0.29, 0.717) is 18.5 Å². The molecule has 0 atom stereocenters. The maximum absolute atomic E-state index is 11.9. The monoisotopic (exact) mass is 438 g/mol. The van der Waals surface area contributed by atoms with Crippen LogP contribution in [0.1, 0.15) is 56.9 Å². The molecule has 1 aromatic rings. The van der Waals surface area contributed by atoms with E-state index in [2.05, 4.69) is 26.6 Å². The van der Waals surface area contributed by atoms with Gasteiger partial charge in [0.25, 0.3) is 5.91 Å². The Morgan fingerprint density at radius 3 is 2.56 bits per heavy atom. The zero-order chi connectivity index (χ0) is 19.6. The van der Waals surface area contributed by atoms with E-state index in [0.717, 1.165) is 22.9 Å². The average molecular weight is 439 g/mol. The van der Waals surface area contributed by atoms with Crippen LogP contribution in [0.5, 0.6) is 0 Å². The van der Waals surface area contributed by atoms with Crippen LogP contribution in [-0.4, -0.2) is 30.4 Å². The van der Waals surface area contributed by atoms with Crippen LogP contribution in [0, 0.1) is 6.92 Å². The molecule has 0 bridgehead atoms. The Bertz CT molecular complexity index is 672. The SMILES string of the molecule is Cc1cc(NC(=O)COC(=O)CCCC(=O)NC2CCCCC2)ccc1Br. The lowest BCUT2D eigenvalue weighted by atomic mass is 9.95. The number of amides is 2. The van der Waals surface area contributed by atoms with Gasteiger partial charge in [0.05, 0.1) is 0 Å². The summed E-state index contributed by atoms with van der Waals surface area (Å²) in [5.74, 6) is -0.874. The second kappa shape index (κ2) is 11.1. The third-order valence-electron chi connectivity index (χ3n) is 4.56. The van der Waals surface area contributed by atoms with Gasteiger partial charge in [-0.1, -0.05) is 35.2 Å². The van der Waals surface area contributed by atoms with Crippen LogP contribution in [0.15, 0.2) is 22.7 Å². The molecule has 1 aliphatic carbocycles. The number of carbonyl (C=O) groups excluding carboxylic acids is 3. The van der Waals surface area contributed by atoms with Crippen molar-refractivity contribution in [3.8, 4) is 0 Å². The van der Waals surface area contributed by atoms with Crippen molar-refractivity contribution < 1.29 is 19.1 Å². The molecule has 0 aromatic heterocycles. The Morgan fingerprint density at radius 2 is 1.85 bits per heavy atom. The number of hydrogen-bond acceptors (Lipinski definition) is 4. The fourth-order valence-corrected chi connectivity index (χ4v) is 3.32. The van der Waals surface area contributed by atoms with Crippen LogP contribution >= 0.6 is 15.9 Å². The summed E-state index contributed by atoms with van der Waals surface area (Å²) < 4.78 is 5.93. The molecule has 2 rings (SSSR count). The molecule has 1 aliphatic rings. The van der Waals surface area contributed by atoms with Crippen LogP contribution in [0.25, 0.3) is 0 Å². The highest BCUT2D eigenvalue weighted by Gasteiger charge is 2.16. The zero-order valence-electron chi connectivity index (χ0n) is 15.7. The molecular formula is C20H27BrN2O4. The molecule has 2 N–H and O–H groups in total. The number of carbonyl (C=O) groups is 3. The fraction of sp³-hybridized carbons (Fsp3) is 0.550. The van der Waals surface area contributed by atoms with Crippen molar-refractivity contribution in [1.29, 1.82) is 0 Å². The molecular weight excluding hydrogens is 412 g/mol. The summed E-state index contributed by atoms with van der Waals surface area (Å²) in [5, 5.41) is 5.70. The van der Waals surface area contributed by atoms with E-state index in [9.17, 15) is 14.4 Å². The minimum atomic E-state index is -0.470. The number of anilines is 1. The van der Waals surface area contributed by atoms with Crippen molar-refractivity contribution in [2.75, 3.05) is 11.9 Å². The summed E-state index contributed by atoms with van der Waals surface area (Å²) in [6.07, 6.45) is 6.51. The van der Waals surface area contributed by atoms with Gasteiger partial charge >= 0.3 is 5.97 Å². The zero-order valence-corrected chi connectivity index (χ0v) is 17.3. The predicted octanol–water partition coefficient (Wildman–Crippen LogP) is 3.86. The molecule has 0 aliphatic heterocycles. The van der Waals surface area contributed by atoms with Gasteiger partial charge in [0.1, 0.15) is 0 Å². The lowest BCUT2D eigenvalue weighted by molar-refractivity contribution is -0.147. The first-order valence-electron chi connectivity index (χ1n) is 9.45. The van der Waals surface area contributed by atoms with Gasteiger partial charge in [-0.2, -0.15) is 0 Å². The topological polar surface area (TPSA) is 84.5 Å². The molecule has 7 heteroatoms. The summed E-state index contributed by atoms with van der Waals surface area (Å²) in [4.78, 5) is 35.5. The number of nitrogens with one attached hydrogen (secondary N) is 2. The van der Waals surface area contributed by atoms with Crippen molar-refractivity contribution >= 4 is 39.4 Å². The van der Waals surface area contributed by atoms with E-state index in [1.165, 1.54) is 19.3 Å². The lowest BCUT2D eigenvalue weighted by Gasteiger charge is -2.22. The molecule has 27 heavy (non-hydrogen) atoms. The largest absolute Gasteiger partial charge is 0.456 e. The number of esters is 1. The normalized spacial score (nSPS) is 14.4. The van der Waals surface area contributed by atoms with Crippen LogP contribution in [-0.2, 0) is 19.1 Å². The number of halogens is 1. The van der Waals surface area contributed by atoms with E-state index in [1.807, 2.05) is 19.1 Å². The summed E-state index contributed by atoms with van der Waals surface area (Å²) in [6, 6.07) is 5.72. The van der Waals surface area contributed by atoms with Crippen molar-refractivity contribution in [2.45, 2.75) is 64.3 Å². The van der Waals surface area contributed by atoms with Gasteiger partial charge in [-0.25, -0.2) is 0 Å². The number of hydrogen-bond donors (Lipinski definition) is 2. The van der Waals surface area contributed by atoms with Gasteiger partial charge in [0, 0.05) is 29.0 Å². The number of rotatable bonds is 8. The molecule has 2 amide bonds. The third kappa shape index (κ3) is 8.12. The van der Waals surface area contributed by atoms with Crippen molar-refractivity contribution in [3.63, 3.8) is 0 Å². The number of aryl methyl sites for hydroxylation is 1. The average Bonchev–Trinajstić information content (AvgIpc) is 2.64. The Hall–Kier alpha value is -1.89. The molecule has 0 heterocycles. The molecule has 0 spiro atoms. The first-order chi connectivity index (χ1) is 12.9. The predicted molar refractivity (Wildman–Crippen MR) is 107 cm³/mol. The Labute approximate surface area is 168 Å². The van der Waals surface area contributed by atoms with Gasteiger partial charge in [-0.05, 0) is 49.9 Å². The molecule has 1 aromatic carbocycles. The van der Waals surface area contributed by atoms with Crippen LogP contribution < -0.4 is 10.6 Å². The van der Waals surface area contributed by atoms with E-state index >= 15 is 0 Å². The minimum Gasteiger partial charge on any atom is -0.456 e. The molecule has 148 valence electrons. The molecule has 0 saturated heterocycles. The number of ether oxygens (including phenoxy) is 1. The van der Waals surface area contributed by atoms with Gasteiger partial charge in [0.2, 0.25) is 5.91 Å². The minimum absolute atomic E-state index is 0.0157. The van der Waals surface area contributed by atoms with Crippen LogP contribution in [0.4, 0.5) is 5.69 Å². The quantitative estimate of drug-likeness (QED) is 0.603. The second-order valence-electron chi connectivity index (χ2n) is 6.93. The molecule has 0 radical (unpaired) electrons. The Kier molecular flexibility index (Phi) is 8.78. The second-order valence-corrected chi connectivity index (χ2v) is 7.78. The maximum atomic E-state index is 11.9. The summed E-state index contributed by atoms with van der Waals surface area (Å²) >= 11 is 3.40.